The predicted molar refractivity (Wildman–Crippen MR) is 31.2 cm³/mol. The Hall–Kier alpha value is -1.10. The number of hydrogen-bond acceptors (Lipinski definition) is 3. The molecule has 0 bridgehead atoms. The summed E-state index contributed by atoms with van der Waals surface area (Å²) in [7, 11) is 3.08. The van der Waals surface area contributed by atoms with Crippen LogP contribution in [-0.2, 0) is 4.79 Å². The van der Waals surface area contributed by atoms with Gasteiger partial charge in [0.15, 0.2) is 0 Å². The standard InChI is InChI=1S/C4H9N3O2/c1-6(2)7(3-8)4(5)9/h3H,1-2H3,(H2,5,9). The number of hydrazine groups is 1. The van der Waals surface area contributed by atoms with E-state index in [1.54, 1.807) is 14.1 Å². The number of rotatable bonds is 2. The van der Waals surface area contributed by atoms with Gasteiger partial charge in [-0.25, -0.2) is 9.80 Å². The average Bonchev–Trinajstić information content (AvgIpc) is 1.64. The first kappa shape index (κ1) is 7.90. The third kappa shape index (κ3) is 2.09. The number of primary amides is 1. The second kappa shape index (κ2) is 3.03. The van der Waals surface area contributed by atoms with Gasteiger partial charge in [0.2, 0.25) is 6.41 Å². The summed E-state index contributed by atoms with van der Waals surface area (Å²) in [4.78, 5) is 20.2. The highest BCUT2D eigenvalue weighted by molar-refractivity contribution is 5.82. The first-order valence-corrected chi connectivity index (χ1v) is 2.30. The Morgan fingerprint density at radius 2 is 2.00 bits per heavy atom. The lowest BCUT2D eigenvalue weighted by atomic mass is 10.9. The van der Waals surface area contributed by atoms with E-state index < -0.39 is 6.03 Å². The van der Waals surface area contributed by atoms with Crippen molar-refractivity contribution in [2.45, 2.75) is 0 Å². The minimum atomic E-state index is -0.782. The van der Waals surface area contributed by atoms with Crippen LogP contribution in [0, 0.1) is 0 Å². The molecule has 0 atom stereocenters. The van der Waals surface area contributed by atoms with Crippen LogP contribution in [-0.4, -0.2) is 36.6 Å². The number of nitrogens with zero attached hydrogens (tertiary/aromatic N) is 2. The van der Waals surface area contributed by atoms with Crippen molar-refractivity contribution in [1.82, 2.24) is 10.0 Å². The summed E-state index contributed by atoms with van der Waals surface area (Å²) in [5, 5.41) is 2.04. The zero-order valence-corrected chi connectivity index (χ0v) is 5.37. The molecule has 9 heavy (non-hydrogen) atoms. The third-order valence-corrected chi connectivity index (χ3v) is 0.757. The summed E-state index contributed by atoms with van der Waals surface area (Å²) in [6.45, 7) is 0. The largest absolute Gasteiger partial charge is 0.350 e. The van der Waals surface area contributed by atoms with Crippen LogP contribution >= 0.6 is 0 Å². The van der Waals surface area contributed by atoms with E-state index in [2.05, 4.69) is 0 Å². The average molecular weight is 131 g/mol. The summed E-state index contributed by atoms with van der Waals surface area (Å²) < 4.78 is 0. The Morgan fingerprint density at radius 3 is 2.00 bits per heavy atom. The van der Waals surface area contributed by atoms with E-state index in [1.807, 2.05) is 0 Å². The predicted octanol–water partition coefficient (Wildman–Crippen LogP) is -1.000. The minimum Gasteiger partial charge on any atom is -0.350 e. The van der Waals surface area contributed by atoms with Crippen LogP contribution in [0.5, 0.6) is 0 Å². The van der Waals surface area contributed by atoms with Gasteiger partial charge < -0.3 is 5.73 Å². The molecule has 0 aliphatic heterocycles. The summed E-state index contributed by atoms with van der Waals surface area (Å²) in [5.41, 5.74) is 4.76. The SMILES string of the molecule is CN(C)N(C=O)C(N)=O. The number of carbonyl (C=O) groups is 2. The van der Waals surface area contributed by atoms with Crippen LogP contribution < -0.4 is 5.73 Å². The second-order valence-electron chi connectivity index (χ2n) is 1.64. The fourth-order valence-electron chi connectivity index (χ4n) is 0.343. The van der Waals surface area contributed by atoms with Crippen molar-refractivity contribution in [1.29, 1.82) is 0 Å². The van der Waals surface area contributed by atoms with Crippen LogP contribution in [0.1, 0.15) is 0 Å². The van der Waals surface area contributed by atoms with Gasteiger partial charge in [0.05, 0.1) is 0 Å². The summed E-state index contributed by atoms with van der Waals surface area (Å²) >= 11 is 0. The number of nitrogens with two attached hydrogens (primary N) is 1. The van der Waals surface area contributed by atoms with Gasteiger partial charge in [-0.1, -0.05) is 0 Å². The van der Waals surface area contributed by atoms with E-state index in [0.29, 0.717) is 6.41 Å². The van der Waals surface area contributed by atoms with E-state index >= 15 is 0 Å². The van der Waals surface area contributed by atoms with Crippen molar-refractivity contribution in [2.24, 2.45) is 5.73 Å². The van der Waals surface area contributed by atoms with Gasteiger partial charge in [-0.2, -0.15) is 5.01 Å². The molecule has 0 aliphatic carbocycles. The fourth-order valence-corrected chi connectivity index (χ4v) is 0.343. The van der Waals surface area contributed by atoms with Crippen molar-refractivity contribution >= 4 is 12.4 Å². The third-order valence-electron chi connectivity index (χ3n) is 0.757. The topological polar surface area (TPSA) is 66.6 Å². The molecule has 0 rings (SSSR count). The lowest BCUT2D eigenvalue weighted by Gasteiger charge is -2.18. The minimum absolute atomic E-state index is 0.350. The maximum Gasteiger partial charge on any atom is 0.336 e. The molecule has 5 nitrogen and oxygen atoms in total. The Balaban J connectivity index is 3.98. The molecule has 0 unspecified atom stereocenters. The van der Waals surface area contributed by atoms with E-state index in [0.717, 1.165) is 5.01 Å². The highest BCUT2D eigenvalue weighted by Crippen LogP contribution is 1.82. The molecule has 0 aliphatic rings. The summed E-state index contributed by atoms with van der Waals surface area (Å²) in [6, 6.07) is -0.782. The maximum absolute atomic E-state index is 10.2. The fraction of sp³-hybridized carbons (Fsp3) is 0.500. The van der Waals surface area contributed by atoms with Crippen LogP contribution in [0.15, 0.2) is 0 Å². The molecule has 2 N–H and O–H groups in total. The highest BCUT2D eigenvalue weighted by atomic mass is 16.2. The molecule has 0 aromatic rings. The normalized spacial score (nSPS) is 9.22. The number of carbonyl (C=O) groups excluding carboxylic acids is 2. The Morgan fingerprint density at radius 1 is 1.56 bits per heavy atom. The van der Waals surface area contributed by atoms with Crippen LogP contribution in [0.4, 0.5) is 4.79 Å². The van der Waals surface area contributed by atoms with Gasteiger partial charge in [-0.3, -0.25) is 4.79 Å². The number of imide groups is 1. The molecule has 0 saturated carbocycles. The van der Waals surface area contributed by atoms with Crippen LogP contribution in [0.2, 0.25) is 0 Å². The van der Waals surface area contributed by atoms with Crippen molar-refractivity contribution in [2.75, 3.05) is 14.1 Å². The molecule has 0 heterocycles. The summed E-state index contributed by atoms with van der Waals surface area (Å²) in [5.74, 6) is 0. The number of amides is 3. The molecule has 52 valence electrons. The summed E-state index contributed by atoms with van der Waals surface area (Å²) in [6.07, 6.45) is 0.350. The first-order valence-electron chi connectivity index (χ1n) is 2.30. The Bertz CT molecular complexity index is 123. The Kier molecular flexibility index (Phi) is 2.66. The molecule has 0 radical (unpaired) electrons. The van der Waals surface area contributed by atoms with Crippen LogP contribution in [0.3, 0.4) is 0 Å². The molecule has 0 aromatic carbocycles. The van der Waals surface area contributed by atoms with E-state index in [1.165, 1.54) is 5.01 Å². The smallest absolute Gasteiger partial charge is 0.336 e. The zero-order valence-electron chi connectivity index (χ0n) is 5.37. The molecule has 3 amide bonds. The first-order chi connectivity index (χ1) is 4.09. The van der Waals surface area contributed by atoms with E-state index in [9.17, 15) is 9.59 Å². The lowest BCUT2D eigenvalue weighted by molar-refractivity contribution is -0.124. The molecule has 0 aromatic heterocycles. The lowest BCUT2D eigenvalue weighted by Crippen LogP contribution is -2.43. The van der Waals surface area contributed by atoms with Gasteiger partial charge in [0.25, 0.3) is 0 Å². The molecule has 0 fully saturated rings. The van der Waals surface area contributed by atoms with Crippen LogP contribution in [0.25, 0.3) is 0 Å². The van der Waals surface area contributed by atoms with Crippen molar-refractivity contribution in [3.05, 3.63) is 0 Å². The second-order valence-corrected chi connectivity index (χ2v) is 1.64. The highest BCUT2D eigenvalue weighted by Gasteiger charge is 2.08. The van der Waals surface area contributed by atoms with Crippen molar-refractivity contribution in [3.8, 4) is 0 Å². The molecule has 0 saturated heterocycles. The molecular weight excluding hydrogens is 122 g/mol. The number of hydrogen-bond donors (Lipinski definition) is 1. The van der Waals surface area contributed by atoms with Gasteiger partial charge >= 0.3 is 6.03 Å². The number of urea groups is 1. The van der Waals surface area contributed by atoms with E-state index in [-0.39, 0.29) is 0 Å². The van der Waals surface area contributed by atoms with Gasteiger partial charge in [-0.15, -0.1) is 0 Å². The molecule has 0 spiro atoms. The van der Waals surface area contributed by atoms with Gasteiger partial charge in [0, 0.05) is 14.1 Å². The van der Waals surface area contributed by atoms with Crippen molar-refractivity contribution in [3.63, 3.8) is 0 Å². The van der Waals surface area contributed by atoms with Gasteiger partial charge in [-0.05, 0) is 0 Å². The van der Waals surface area contributed by atoms with Gasteiger partial charge in [0.1, 0.15) is 0 Å². The monoisotopic (exact) mass is 131 g/mol. The molecular formula is C4H9N3O2. The van der Waals surface area contributed by atoms with Crippen molar-refractivity contribution < 1.29 is 9.59 Å². The maximum atomic E-state index is 10.2. The zero-order chi connectivity index (χ0) is 7.44. The molecule has 5 heteroatoms. The van der Waals surface area contributed by atoms with E-state index in [4.69, 9.17) is 5.73 Å². The Labute approximate surface area is 53.0 Å². The quantitative estimate of drug-likeness (QED) is 0.386.